The first-order valence-corrected chi connectivity index (χ1v) is 14.0. The van der Waals surface area contributed by atoms with Crippen molar-refractivity contribution in [3.8, 4) is 0 Å². The SMILES string of the molecule is CC1CCCCN1S(=O)(=O)c1cccc(C(=O)N2CCCC(C(=O)NC3CCCCC3)C2)c1. The van der Waals surface area contributed by atoms with Crippen LogP contribution in [0.1, 0.15) is 81.5 Å². The van der Waals surface area contributed by atoms with E-state index in [0.29, 0.717) is 25.2 Å². The van der Waals surface area contributed by atoms with Gasteiger partial charge < -0.3 is 10.2 Å². The van der Waals surface area contributed by atoms with Gasteiger partial charge in [-0.15, -0.1) is 0 Å². The Morgan fingerprint density at radius 3 is 2.45 bits per heavy atom. The molecule has 8 heteroatoms. The summed E-state index contributed by atoms with van der Waals surface area (Å²) in [6.45, 7) is 3.44. The molecule has 1 aromatic carbocycles. The second-order valence-electron chi connectivity index (χ2n) is 9.92. The fraction of sp³-hybridized carbons (Fsp3) is 0.680. The van der Waals surface area contributed by atoms with Crippen LogP contribution in [0.5, 0.6) is 0 Å². The molecule has 0 spiro atoms. The van der Waals surface area contributed by atoms with Gasteiger partial charge in [-0.25, -0.2) is 8.42 Å². The first-order valence-electron chi connectivity index (χ1n) is 12.6. The van der Waals surface area contributed by atoms with Crippen molar-refractivity contribution >= 4 is 21.8 Å². The zero-order valence-corrected chi connectivity index (χ0v) is 20.5. The lowest BCUT2D eigenvalue weighted by Crippen LogP contribution is -2.48. The second-order valence-corrected chi connectivity index (χ2v) is 11.8. The number of hydrogen-bond donors (Lipinski definition) is 1. The molecular formula is C25H37N3O4S. The number of nitrogens with one attached hydrogen (secondary N) is 1. The maximum atomic E-state index is 13.3. The highest BCUT2D eigenvalue weighted by atomic mass is 32.2. The van der Waals surface area contributed by atoms with Crippen LogP contribution >= 0.6 is 0 Å². The minimum Gasteiger partial charge on any atom is -0.353 e. The van der Waals surface area contributed by atoms with Gasteiger partial charge in [-0.2, -0.15) is 4.31 Å². The summed E-state index contributed by atoms with van der Waals surface area (Å²) in [6.07, 6.45) is 9.96. The van der Waals surface area contributed by atoms with Crippen LogP contribution in [0.4, 0.5) is 0 Å². The van der Waals surface area contributed by atoms with Gasteiger partial charge in [0.15, 0.2) is 0 Å². The number of piperidine rings is 2. The van der Waals surface area contributed by atoms with E-state index in [0.717, 1.165) is 57.8 Å². The molecule has 2 aliphatic heterocycles. The molecule has 1 aromatic rings. The van der Waals surface area contributed by atoms with Crippen LogP contribution in [0.3, 0.4) is 0 Å². The van der Waals surface area contributed by atoms with E-state index in [4.69, 9.17) is 0 Å². The van der Waals surface area contributed by atoms with E-state index in [1.807, 2.05) is 6.92 Å². The van der Waals surface area contributed by atoms with Crippen LogP contribution in [0.2, 0.25) is 0 Å². The van der Waals surface area contributed by atoms with E-state index >= 15 is 0 Å². The summed E-state index contributed by atoms with van der Waals surface area (Å²) in [5.41, 5.74) is 0.370. The molecule has 4 rings (SSSR count). The van der Waals surface area contributed by atoms with Gasteiger partial charge in [-0.1, -0.05) is 31.7 Å². The van der Waals surface area contributed by atoms with Crippen molar-refractivity contribution in [3.05, 3.63) is 29.8 Å². The van der Waals surface area contributed by atoms with E-state index in [2.05, 4.69) is 5.32 Å². The molecule has 1 N–H and O–H groups in total. The Morgan fingerprint density at radius 1 is 0.939 bits per heavy atom. The predicted molar refractivity (Wildman–Crippen MR) is 127 cm³/mol. The third-order valence-corrected chi connectivity index (χ3v) is 9.47. The lowest BCUT2D eigenvalue weighted by Gasteiger charge is -2.34. The summed E-state index contributed by atoms with van der Waals surface area (Å²) in [5, 5.41) is 3.20. The first kappa shape index (κ1) is 24.2. The summed E-state index contributed by atoms with van der Waals surface area (Å²) in [4.78, 5) is 28.0. The number of carbonyl (C=O) groups excluding carboxylic acids is 2. The summed E-state index contributed by atoms with van der Waals surface area (Å²) >= 11 is 0. The van der Waals surface area contributed by atoms with E-state index in [-0.39, 0.29) is 34.7 Å². The molecule has 7 nitrogen and oxygen atoms in total. The Hall–Kier alpha value is -1.93. The van der Waals surface area contributed by atoms with Crippen LogP contribution in [0.25, 0.3) is 0 Å². The normalized spacial score (nSPS) is 25.5. The Labute approximate surface area is 198 Å². The van der Waals surface area contributed by atoms with Crippen LogP contribution in [-0.4, -0.2) is 61.2 Å². The van der Waals surface area contributed by atoms with Gasteiger partial charge in [0, 0.05) is 37.3 Å². The maximum absolute atomic E-state index is 13.3. The molecular weight excluding hydrogens is 438 g/mol. The number of carbonyl (C=O) groups is 2. The van der Waals surface area contributed by atoms with Gasteiger partial charge in [-0.05, 0) is 63.6 Å². The summed E-state index contributed by atoms with van der Waals surface area (Å²) in [7, 11) is -3.64. The topological polar surface area (TPSA) is 86.8 Å². The van der Waals surface area contributed by atoms with Gasteiger partial charge in [0.2, 0.25) is 15.9 Å². The van der Waals surface area contributed by atoms with Crippen molar-refractivity contribution in [3.63, 3.8) is 0 Å². The zero-order chi connectivity index (χ0) is 23.4. The molecule has 0 radical (unpaired) electrons. The molecule has 2 atom stereocenters. The molecule has 2 heterocycles. The van der Waals surface area contributed by atoms with Crippen molar-refractivity contribution in [2.75, 3.05) is 19.6 Å². The van der Waals surface area contributed by atoms with E-state index in [1.54, 1.807) is 27.4 Å². The van der Waals surface area contributed by atoms with E-state index in [1.165, 1.54) is 12.5 Å². The highest BCUT2D eigenvalue weighted by Crippen LogP contribution is 2.27. The zero-order valence-electron chi connectivity index (χ0n) is 19.7. The van der Waals surface area contributed by atoms with E-state index < -0.39 is 10.0 Å². The predicted octanol–water partition coefficient (Wildman–Crippen LogP) is 3.55. The maximum Gasteiger partial charge on any atom is 0.253 e. The largest absolute Gasteiger partial charge is 0.353 e. The molecule has 2 unspecified atom stereocenters. The van der Waals surface area contributed by atoms with Gasteiger partial charge in [0.05, 0.1) is 10.8 Å². The second kappa shape index (κ2) is 10.6. The number of benzene rings is 1. The standard InChI is InChI=1S/C25H37N3O4S/c1-19-9-5-6-16-28(19)33(31,32)23-14-7-10-20(17-23)25(30)27-15-8-11-21(18-27)24(29)26-22-12-3-2-4-13-22/h7,10,14,17,19,21-22H,2-6,8-9,11-13,15-16,18H2,1H3,(H,26,29). The number of likely N-dealkylation sites (tertiary alicyclic amines) is 1. The van der Waals surface area contributed by atoms with Crippen LogP contribution in [0, 0.1) is 5.92 Å². The smallest absolute Gasteiger partial charge is 0.253 e. The van der Waals surface area contributed by atoms with Crippen molar-refractivity contribution in [2.45, 2.75) is 88.1 Å². The molecule has 3 aliphatic rings. The highest BCUT2D eigenvalue weighted by Gasteiger charge is 2.33. The van der Waals surface area contributed by atoms with Crippen molar-refractivity contribution in [1.29, 1.82) is 0 Å². The number of nitrogens with zero attached hydrogens (tertiary/aromatic N) is 2. The number of hydrogen-bond acceptors (Lipinski definition) is 4. The van der Waals surface area contributed by atoms with Crippen molar-refractivity contribution in [2.24, 2.45) is 5.92 Å². The lowest BCUT2D eigenvalue weighted by atomic mass is 9.93. The third-order valence-electron chi connectivity index (χ3n) is 7.46. The number of amides is 2. The minimum absolute atomic E-state index is 0.0337. The van der Waals surface area contributed by atoms with Crippen molar-refractivity contribution < 1.29 is 18.0 Å². The Kier molecular flexibility index (Phi) is 7.74. The average molecular weight is 476 g/mol. The number of sulfonamides is 1. The molecule has 2 amide bonds. The van der Waals surface area contributed by atoms with E-state index in [9.17, 15) is 18.0 Å². The lowest BCUT2D eigenvalue weighted by molar-refractivity contribution is -0.127. The molecule has 3 fully saturated rings. The van der Waals surface area contributed by atoms with Gasteiger partial charge in [0.25, 0.3) is 5.91 Å². The minimum atomic E-state index is -3.64. The summed E-state index contributed by atoms with van der Waals surface area (Å²) in [5.74, 6) is -0.352. The molecule has 2 saturated heterocycles. The Balaban J connectivity index is 1.43. The fourth-order valence-corrected chi connectivity index (χ4v) is 7.22. The van der Waals surface area contributed by atoms with Gasteiger partial charge in [-0.3, -0.25) is 9.59 Å². The summed E-state index contributed by atoms with van der Waals surface area (Å²) in [6, 6.07) is 6.62. The highest BCUT2D eigenvalue weighted by molar-refractivity contribution is 7.89. The monoisotopic (exact) mass is 475 g/mol. The molecule has 182 valence electrons. The van der Waals surface area contributed by atoms with Gasteiger partial charge in [0.1, 0.15) is 0 Å². The fourth-order valence-electron chi connectivity index (χ4n) is 5.48. The average Bonchev–Trinajstić information content (AvgIpc) is 2.84. The molecule has 0 aromatic heterocycles. The van der Waals surface area contributed by atoms with Gasteiger partial charge >= 0.3 is 0 Å². The van der Waals surface area contributed by atoms with Crippen LogP contribution in [0.15, 0.2) is 29.2 Å². The number of rotatable bonds is 5. The Morgan fingerprint density at radius 2 is 1.70 bits per heavy atom. The van der Waals surface area contributed by atoms with Crippen molar-refractivity contribution in [1.82, 2.24) is 14.5 Å². The molecule has 1 aliphatic carbocycles. The molecule has 1 saturated carbocycles. The first-order chi connectivity index (χ1) is 15.9. The van der Waals surface area contributed by atoms with Crippen LogP contribution < -0.4 is 5.32 Å². The quantitative estimate of drug-likeness (QED) is 0.706. The molecule has 33 heavy (non-hydrogen) atoms. The Bertz CT molecular complexity index is 958. The third kappa shape index (κ3) is 5.60. The summed E-state index contributed by atoms with van der Waals surface area (Å²) < 4.78 is 28.0. The molecule has 0 bridgehead atoms. The van der Waals surface area contributed by atoms with Crippen LogP contribution in [-0.2, 0) is 14.8 Å².